The van der Waals surface area contributed by atoms with Crippen molar-refractivity contribution in [3.63, 3.8) is 0 Å². The molecule has 3 aromatic carbocycles. The number of hydrogen-bond acceptors (Lipinski definition) is 3. The molecule has 3 nitrogen and oxygen atoms in total. The van der Waals surface area contributed by atoms with E-state index in [-0.39, 0.29) is 16.9 Å². The van der Waals surface area contributed by atoms with Crippen LogP contribution < -0.4 is 16.2 Å². The molecule has 3 rings (SSSR count). The molecule has 0 aromatic heterocycles. The number of anilines is 2. The maximum atomic E-state index is 12.8. The van der Waals surface area contributed by atoms with E-state index in [1.54, 1.807) is 24.3 Å². The Labute approximate surface area is 135 Å². The first-order chi connectivity index (χ1) is 11.3. The summed E-state index contributed by atoms with van der Waals surface area (Å²) < 4.78 is 38.3. The monoisotopic (exact) mass is 331 g/mol. The van der Waals surface area contributed by atoms with Crippen LogP contribution >= 0.6 is 0 Å². The molecule has 122 valence electrons. The van der Waals surface area contributed by atoms with Gasteiger partial charge in [0, 0.05) is 5.69 Å². The van der Waals surface area contributed by atoms with Crippen molar-refractivity contribution in [1.29, 1.82) is 0 Å². The second kappa shape index (κ2) is 5.63. The van der Waals surface area contributed by atoms with Crippen molar-refractivity contribution in [2.45, 2.75) is 13.1 Å². The smallest absolute Gasteiger partial charge is 0.352 e. The third-order valence-electron chi connectivity index (χ3n) is 3.71. The minimum Gasteiger partial charge on any atom is -0.352 e. The topological polar surface area (TPSA) is 46.2 Å². The molecule has 24 heavy (non-hydrogen) atoms. The number of rotatable bonds is 3. The van der Waals surface area contributed by atoms with Gasteiger partial charge < -0.3 is 5.32 Å². The van der Waals surface area contributed by atoms with Gasteiger partial charge in [0.1, 0.15) is 5.69 Å². The summed E-state index contributed by atoms with van der Waals surface area (Å²) >= 11 is 0. The average molecular weight is 331 g/mol. The standard InChI is InChI=1S/C18H12F3NO2/c1-10-5-7-11(8-6-10)14-15(17(24)16(14)23)22-13-4-2-3-12(9-13)18(19,20)21/h2-9,22H,1H3. The number of nitrogens with one attached hydrogen (secondary N) is 1. The SMILES string of the molecule is Cc1ccc(-c2c(Nc3cccc(C(F)(F)F)c3)c(=O)c2=O)cc1. The Morgan fingerprint density at radius 1 is 0.917 bits per heavy atom. The van der Waals surface area contributed by atoms with Gasteiger partial charge in [-0.25, -0.2) is 0 Å². The number of benzene rings is 2. The summed E-state index contributed by atoms with van der Waals surface area (Å²) in [6, 6.07) is 11.5. The minimum absolute atomic E-state index is 0.0168. The Hall–Kier alpha value is -2.89. The summed E-state index contributed by atoms with van der Waals surface area (Å²) in [6.45, 7) is 1.88. The lowest BCUT2D eigenvalue weighted by Gasteiger charge is -2.15. The zero-order valence-corrected chi connectivity index (χ0v) is 12.6. The number of hydrogen-bond donors (Lipinski definition) is 1. The van der Waals surface area contributed by atoms with Gasteiger partial charge in [-0.2, -0.15) is 13.2 Å². The fourth-order valence-electron chi connectivity index (χ4n) is 2.42. The van der Waals surface area contributed by atoms with Crippen LogP contribution in [0.2, 0.25) is 0 Å². The Morgan fingerprint density at radius 2 is 1.58 bits per heavy atom. The van der Waals surface area contributed by atoms with Gasteiger partial charge in [-0.05, 0) is 30.7 Å². The molecule has 0 saturated carbocycles. The molecule has 0 unspecified atom stereocenters. The van der Waals surface area contributed by atoms with Crippen molar-refractivity contribution in [2.75, 3.05) is 5.32 Å². The van der Waals surface area contributed by atoms with Crippen LogP contribution in [0.15, 0.2) is 58.1 Å². The molecule has 0 spiro atoms. The van der Waals surface area contributed by atoms with E-state index in [1.165, 1.54) is 12.1 Å². The molecule has 0 bridgehead atoms. The van der Waals surface area contributed by atoms with Crippen LogP contribution in [0, 0.1) is 6.92 Å². The molecular weight excluding hydrogens is 319 g/mol. The highest BCUT2D eigenvalue weighted by atomic mass is 19.4. The second-order valence-electron chi connectivity index (χ2n) is 5.48. The van der Waals surface area contributed by atoms with Crippen molar-refractivity contribution in [3.8, 4) is 11.1 Å². The third-order valence-corrected chi connectivity index (χ3v) is 3.71. The Balaban J connectivity index is 1.98. The summed E-state index contributed by atoms with van der Waals surface area (Å²) in [4.78, 5) is 23.7. The van der Waals surface area contributed by atoms with Crippen LogP contribution in [-0.4, -0.2) is 0 Å². The predicted molar refractivity (Wildman–Crippen MR) is 86.3 cm³/mol. The van der Waals surface area contributed by atoms with Crippen molar-refractivity contribution >= 4 is 11.4 Å². The van der Waals surface area contributed by atoms with E-state index >= 15 is 0 Å². The van der Waals surface area contributed by atoms with Gasteiger partial charge >= 0.3 is 6.18 Å². The van der Waals surface area contributed by atoms with Gasteiger partial charge in [0.2, 0.25) is 5.43 Å². The van der Waals surface area contributed by atoms with E-state index in [4.69, 9.17) is 0 Å². The van der Waals surface area contributed by atoms with Crippen LogP contribution in [0.25, 0.3) is 11.1 Å². The van der Waals surface area contributed by atoms with Crippen molar-refractivity contribution in [3.05, 3.63) is 80.1 Å². The molecular formula is C18H12F3NO2. The maximum Gasteiger partial charge on any atom is 0.416 e. The van der Waals surface area contributed by atoms with E-state index in [9.17, 15) is 22.8 Å². The number of halogens is 3. The second-order valence-corrected chi connectivity index (χ2v) is 5.48. The molecule has 0 saturated heterocycles. The normalized spacial score (nSPS) is 11.7. The lowest BCUT2D eigenvalue weighted by molar-refractivity contribution is -0.137. The molecule has 0 aliphatic heterocycles. The fraction of sp³-hybridized carbons (Fsp3) is 0.111. The lowest BCUT2D eigenvalue weighted by Crippen LogP contribution is -2.35. The fourth-order valence-corrected chi connectivity index (χ4v) is 2.42. The van der Waals surface area contributed by atoms with Crippen molar-refractivity contribution in [2.24, 2.45) is 0 Å². The van der Waals surface area contributed by atoms with E-state index in [2.05, 4.69) is 5.32 Å². The van der Waals surface area contributed by atoms with Gasteiger partial charge in [-0.15, -0.1) is 0 Å². The molecule has 0 fully saturated rings. The van der Waals surface area contributed by atoms with E-state index in [0.717, 1.165) is 17.7 Å². The Bertz CT molecular complexity index is 965. The average Bonchev–Trinajstić information content (AvgIpc) is 2.55. The molecule has 0 aliphatic carbocycles. The highest BCUT2D eigenvalue weighted by Crippen LogP contribution is 2.32. The van der Waals surface area contributed by atoms with Gasteiger partial charge in [-0.1, -0.05) is 35.9 Å². The van der Waals surface area contributed by atoms with E-state index < -0.39 is 22.6 Å². The predicted octanol–water partition coefficient (Wildman–Crippen LogP) is 4.02. The first-order valence-electron chi connectivity index (χ1n) is 7.12. The minimum atomic E-state index is -4.48. The van der Waals surface area contributed by atoms with Gasteiger partial charge in [-0.3, -0.25) is 9.59 Å². The molecule has 0 amide bonds. The quantitative estimate of drug-likeness (QED) is 0.737. The summed E-state index contributed by atoms with van der Waals surface area (Å²) in [5, 5.41) is 2.64. The zero-order valence-electron chi connectivity index (χ0n) is 12.6. The van der Waals surface area contributed by atoms with E-state index in [1.807, 2.05) is 6.92 Å². The van der Waals surface area contributed by atoms with Crippen LogP contribution in [0.1, 0.15) is 11.1 Å². The number of aryl methyl sites for hydroxylation is 1. The molecule has 0 heterocycles. The van der Waals surface area contributed by atoms with Gasteiger partial charge in [0.05, 0.1) is 11.1 Å². The number of alkyl halides is 3. The molecule has 0 atom stereocenters. The Morgan fingerprint density at radius 3 is 2.21 bits per heavy atom. The van der Waals surface area contributed by atoms with E-state index in [0.29, 0.717) is 5.56 Å². The molecule has 0 aliphatic rings. The maximum absolute atomic E-state index is 12.8. The van der Waals surface area contributed by atoms with Crippen LogP contribution in [0.5, 0.6) is 0 Å². The Kier molecular flexibility index (Phi) is 3.75. The van der Waals surface area contributed by atoms with Crippen molar-refractivity contribution in [1.82, 2.24) is 0 Å². The van der Waals surface area contributed by atoms with Crippen molar-refractivity contribution < 1.29 is 13.2 Å². The van der Waals surface area contributed by atoms with Gasteiger partial charge in [0.25, 0.3) is 5.43 Å². The first-order valence-corrected chi connectivity index (χ1v) is 7.12. The summed E-state index contributed by atoms with van der Waals surface area (Å²) in [5.74, 6) is 0. The third kappa shape index (κ3) is 2.82. The van der Waals surface area contributed by atoms with Crippen LogP contribution in [-0.2, 0) is 6.18 Å². The summed E-state index contributed by atoms with van der Waals surface area (Å²) in [6.07, 6.45) is -4.48. The van der Waals surface area contributed by atoms with Crippen LogP contribution in [0.3, 0.4) is 0 Å². The van der Waals surface area contributed by atoms with Gasteiger partial charge in [0.15, 0.2) is 0 Å². The molecule has 6 heteroatoms. The highest BCUT2D eigenvalue weighted by Gasteiger charge is 2.30. The largest absolute Gasteiger partial charge is 0.416 e. The molecule has 1 N–H and O–H groups in total. The zero-order chi connectivity index (χ0) is 17.5. The molecule has 3 aromatic rings. The summed E-state index contributed by atoms with van der Waals surface area (Å²) in [5.41, 5.74) is -0.352. The molecule has 0 radical (unpaired) electrons. The highest BCUT2D eigenvalue weighted by molar-refractivity contribution is 5.84. The first kappa shape index (κ1) is 16.0. The summed E-state index contributed by atoms with van der Waals surface area (Å²) in [7, 11) is 0. The lowest BCUT2D eigenvalue weighted by atomic mass is 9.97. The van der Waals surface area contributed by atoms with Crippen LogP contribution in [0.4, 0.5) is 24.5 Å².